The number of benzene rings is 1. The van der Waals surface area contributed by atoms with Crippen molar-refractivity contribution < 1.29 is 24.6 Å². The zero-order valence-electron chi connectivity index (χ0n) is 17.9. The predicted molar refractivity (Wildman–Crippen MR) is 109 cm³/mol. The summed E-state index contributed by atoms with van der Waals surface area (Å²) in [6.07, 6.45) is -0.0170. The molecule has 8 heteroatoms. The second-order valence-electron chi connectivity index (χ2n) is 9.37. The Kier molecular flexibility index (Phi) is 5.40. The maximum atomic E-state index is 12.3. The Morgan fingerprint density at radius 1 is 1.17 bits per heavy atom. The number of carbonyl (C=O) groups excluding carboxylic acids is 1. The number of carboxylic acid groups (broad SMARTS) is 1. The number of methoxy groups -OCH3 is 1. The summed E-state index contributed by atoms with van der Waals surface area (Å²) in [5, 5.41) is 21.7. The summed E-state index contributed by atoms with van der Waals surface area (Å²) in [5.74, 6) is -0.420. The summed E-state index contributed by atoms with van der Waals surface area (Å²) < 4.78 is 4.50. The van der Waals surface area contributed by atoms with Gasteiger partial charge in [-0.1, -0.05) is 20.8 Å². The van der Waals surface area contributed by atoms with Gasteiger partial charge in [0, 0.05) is 43.5 Å². The summed E-state index contributed by atoms with van der Waals surface area (Å²) in [6, 6.07) is 6.93. The Labute approximate surface area is 171 Å². The van der Waals surface area contributed by atoms with E-state index in [4.69, 9.17) is 4.74 Å². The van der Waals surface area contributed by atoms with Gasteiger partial charge in [0.15, 0.2) is 17.4 Å². The number of hydrogen-bond donors (Lipinski definition) is 2. The van der Waals surface area contributed by atoms with Gasteiger partial charge in [-0.15, -0.1) is 4.65 Å². The molecule has 0 aliphatic carbocycles. The van der Waals surface area contributed by atoms with Crippen molar-refractivity contribution in [2.45, 2.75) is 45.3 Å². The van der Waals surface area contributed by atoms with Crippen LogP contribution in [-0.2, 0) is 4.74 Å². The number of piperidine rings is 1. The van der Waals surface area contributed by atoms with Gasteiger partial charge in [0.1, 0.15) is 0 Å². The molecule has 1 aromatic carbocycles. The van der Waals surface area contributed by atoms with Gasteiger partial charge >= 0.3 is 12.1 Å². The molecule has 0 aromatic heterocycles. The van der Waals surface area contributed by atoms with E-state index in [1.54, 1.807) is 24.3 Å². The van der Waals surface area contributed by atoms with E-state index >= 15 is 0 Å². The van der Waals surface area contributed by atoms with Crippen LogP contribution in [0.15, 0.2) is 24.3 Å². The fourth-order valence-electron chi connectivity index (χ4n) is 5.40. The lowest BCUT2D eigenvalue weighted by Gasteiger charge is -2.49. The highest BCUT2D eigenvalue weighted by atomic mass is 16.6. The summed E-state index contributed by atoms with van der Waals surface area (Å²) in [4.78, 5) is 26.9. The summed E-state index contributed by atoms with van der Waals surface area (Å²) >= 11 is 0. The molecule has 2 unspecified atom stereocenters. The van der Waals surface area contributed by atoms with E-state index in [1.165, 1.54) is 12.0 Å². The van der Waals surface area contributed by atoms with E-state index < -0.39 is 17.6 Å². The molecule has 8 nitrogen and oxygen atoms in total. The van der Waals surface area contributed by atoms with Gasteiger partial charge in [0.25, 0.3) is 0 Å². The van der Waals surface area contributed by atoms with Gasteiger partial charge in [-0.05, 0) is 19.2 Å². The number of esters is 1. The minimum Gasteiger partial charge on any atom is -0.465 e. The standard InChI is InChI=1S/C21H31N3O5/c1-20(2,3)18-22(4)14-21(10-12-23(13-11-21)19(26)27)24(18,28)16-8-6-15(7-9-16)17(25)29-5/h6-9,18,28H,10-14H2,1-5H3/p+1. The molecule has 2 fully saturated rings. The molecule has 1 aromatic rings. The Bertz CT molecular complexity index is 781. The summed E-state index contributed by atoms with van der Waals surface area (Å²) in [7, 11) is 3.35. The van der Waals surface area contributed by atoms with Gasteiger partial charge in [0.05, 0.1) is 19.2 Å². The molecule has 29 heavy (non-hydrogen) atoms. The van der Waals surface area contributed by atoms with Gasteiger partial charge in [-0.3, -0.25) is 0 Å². The van der Waals surface area contributed by atoms with Crippen molar-refractivity contribution in [2.24, 2.45) is 5.41 Å². The minimum absolute atomic E-state index is 0.220. The molecule has 2 aliphatic heterocycles. The smallest absolute Gasteiger partial charge is 0.407 e. The molecule has 1 amide bonds. The number of hydrogen-bond acceptors (Lipinski definition) is 5. The zero-order valence-corrected chi connectivity index (χ0v) is 17.9. The fraction of sp³-hybridized carbons (Fsp3) is 0.619. The van der Waals surface area contributed by atoms with Crippen molar-refractivity contribution in [1.82, 2.24) is 14.4 Å². The van der Waals surface area contributed by atoms with Crippen molar-refractivity contribution in [3.8, 4) is 0 Å². The number of carbonyl (C=O) groups is 2. The Morgan fingerprint density at radius 2 is 1.72 bits per heavy atom. The molecule has 2 atom stereocenters. The van der Waals surface area contributed by atoms with E-state index in [2.05, 4.69) is 25.7 Å². The fourth-order valence-corrected chi connectivity index (χ4v) is 5.40. The van der Waals surface area contributed by atoms with E-state index in [0.717, 1.165) is 0 Å². The molecular weight excluding hydrogens is 374 g/mol. The number of quaternary nitrogens is 1. The minimum atomic E-state index is -0.919. The highest BCUT2D eigenvalue weighted by Crippen LogP contribution is 2.50. The molecule has 3 rings (SSSR count). The van der Waals surface area contributed by atoms with Gasteiger partial charge < -0.3 is 14.7 Å². The molecular formula is C21H32N3O5+. The first-order valence-electron chi connectivity index (χ1n) is 9.95. The van der Waals surface area contributed by atoms with Gasteiger partial charge in [-0.2, -0.15) is 0 Å². The number of nitrogens with zero attached hydrogens (tertiary/aromatic N) is 3. The summed E-state index contributed by atoms with van der Waals surface area (Å²) in [6.45, 7) is 7.75. The Balaban J connectivity index is 2.07. The third kappa shape index (κ3) is 3.39. The van der Waals surface area contributed by atoms with Crippen molar-refractivity contribution in [2.75, 3.05) is 33.8 Å². The number of hydroxylamine groups is 2. The van der Waals surface area contributed by atoms with Crippen LogP contribution in [-0.4, -0.2) is 77.7 Å². The number of amides is 1. The highest BCUT2D eigenvalue weighted by molar-refractivity contribution is 5.89. The number of rotatable bonds is 2. The first-order valence-corrected chi connectivity index (χ1v) is 9.95. The number of likely N-dealkylation sites (tertiary alicyclic amines) is 1. The first-order chi connectivity index (χ1) is 13.5. The average Bonchev–Trinajstić information content (AvgIpc) is 2.88. The number of ether oxygens (including phenoxy) is 1. The molecule has 0 bridgehead atoms. The molecule has 1 spiro atoms. The monoisotopic (exact) mass is 406 g/mol. The molecule has 0 saturated carbocycles. The van der Waals surface area contributed by atoms with Crippen LogP contribution in [0.2, 0.25) is 0 Å². The molecule has 2 saturated heterocycles. The maximum Gasteiger partial charge on any atom is 0.407 e. The lowest BCUT2D eigenvalue weighted by molar-refractivity contribution is -0.201. The third-order valence-electron chi connectivity index (χ3n) is 6.46. The second-order valence-corrected chi connectivity index (χ2v) is 9.37. The van der Waals surface area contributed by atoms with E-state index in [9.17, 15) is 19.9 Å². The van der Waals surface area contributed by atoms with Crippen molar-refractivity contribution in [1.29, 1.82) is 0 Å². The van der Waals surface area contributed by atoms with Crippen LogP contribution in [0, 0.1) is 5.41 Å². The SMILES string of the molecule is COC(=O)c1ccc([N+]2(O)C(C(C)(C)C)N(C)CC23CCN(C(=O)O)CC3)cc1. The molecule has 2 heterocycles. The topological polar surface area (TPSA) is 90.3 Å². The molecule has 160 valence electrons. The van der Waals surface area contributed by atoms with Gasteiger partial charge in [0.2, 0.25) is 0 Å². The first kappa shape index (κ1) is 21.5. The highest BCUT2D eigenvalue weighted by Gasteiger charge is 2.68. The molecule has 2 N–H and O–H groups in total. The Hall–Kier alpha value is -2.16. The van der Waals surface area contributed by atoms with E-state index in [1.807, 2.05) is 7.05 Å². The maximum absolute atomic E-state index is 12.3. The van der Waals surface area contributed by atoms with Crippen molar-refractivity contribution >= 4 is 17.7 Å². The van der Waals surface area contributed by atoms with Crippen LogP contribution >= 0.6 is 0 Å². The van der Waals surface area contributed by atoms with Crippen molar-refractivity contribution in [3.63, 3.8) is 0 Å². The zero-order chi connectivity index (χ0) is 21.6. The number of likely N-dealkylation sites (N-methyl/N-ethyl adjacent to an activating group) is 1. The van der Waals surface area contributed by atoms with Crippen molar-refractivity contribution in [3.05, 3.63) is 29.8 Å². The lowest BCUT2D eigenvalue weighted by atomic mass is 9.83. The van der Waals surface area contributed by atoms with Crippen LogP contribution in [0.1, 0.15) is 44.0 Å². The van der Waals surface area contributed by atoms with Crippen LogP contribution in [0.4, 0.5) is 10.5 Å². The normalized spacial score (nSPS) is 27.2. The van der Waals surface area contributed by atoms with E-state index in [0.29, 0.717) is 43.7 Å². The van der Waals surface area contributed by atoms with Crippen LogP contribution in [0.5, 0.6) is 0 Å². The Morgan fingerprint density at radius 3 is 2.17 bits per heavy atom. The second kappa shape index (κ2) is 7.27. The van der Waals surface area contributed by atoms with Crippen LogP contribution < -0.4 is 4.65 Å². The van der Waals surface area contributed by atoms with Crippen LogP contribution in [0.3, 0.4) is 0 Å². The predicted octanol–water partition coefficient (Wildman–Crippen LogP) is 3.00. The van der Waals surface area contributed by atoms with E-state index in [-0.39, 0.29) is 16.2 Å². The third-order valence-corrected chi connectivity index (χ3v) is 6.46. The summed E-state index contributed by atoms with van der Waals surface area (Å²) in [5.41, 5.74) is 0.367. The molecule has 0 radical (unpaired) electrons. The molecule has 2 aliphatic rings. The largest absolute Gasteiger partial charge is 0.465 e. The van der Waals surface area contributed by atoms with Gasteiger partial charge in [-0.25, -0.2) is 19.7 Å². The lowest BCUT2D eigenvalue weighted by Crippen LogP contribution is -2.70. The van der Waals surface area contributed by atoms with Crippen LogP contribution in [0.25, 0.3) is 0 Å². The quantitative estimate of drug-likeness (QED) is 0.580. The average molecular weight is 407 g/mol.